The Kier molecular flexibility index (Phi) is 8.74. The van der Waals surface area contributed by atoms with Crippen LogP contribution >= 0.6 is 0 Å². The third-order valence-electron chi connectivity index (χ3n) is 7.23. The molecule has 2 heterocycles. The highest BCUT2D eigenvalue weighted by atomic mass is 16.5. The van der Waals surface area contributed by atoms with E-state index in [1.54, 1.807) is 17.7 Å². The van der Waals surface area contributed by atoms with Gasteiger partial charge < -0.3 is 4.74 Å². The molecule has 5 rings (SSSR count). The normalized spacial score (nSPS) is 14.4. The van der Waals surface area contributed by atoms with E-state index in [1.807, 2.05) is 97.2 Å². The zero-order valence-electron chi connectivity index (χ0n) is 23.8. The van der Waals surface area contributed by atoms with Crippen molar-refractivity contribution >= 4 is 17.9 Å². The monoisotopic (exact) mass is 556 g/mol. The Hall–Kier alpha value is -5.22. The van der Waals surface area contributed by atoms with Gasteiger partial charge in [-0.05, 0) is 61.2 Å². The van der Waals surface area contributed by atoms with E-state index >= 15 is 0 Å². The van der Waals surface area contributed by atoms with Gasteiger partial charge in [-0.2, -0.15) is 10.4 Å². The number of amides is 2. The van der Waals surface area contributed by atoms with Crippen LogP contribution in [0.3, 0.4) is 0 Å². The summed E-state index contributed by atoms with van der Waals surface area (Å²) in [5.41, 5.74) is 4.65. The number of hydrogen-bond acceptors (Lipinski definition) is 5. The molecule has 0 radical (unpaired) electrons. The third-order valence-corrected chi connectivity index (χ3v) is 7.23. The minimum Gasteiger partial charge on any atom is -0.494 e. The molecular formula is C35H32N4O3. The number of benzene rings is 3. The number of nitrogens with zero attached hydrogens (tertiary/aromatic N) is 4. The van der Waals surface area contributed by atoms with Crippen LogP contribution in [-0.4, -0.2) is 39.6 Å². The van der Waals surface area contributed by atoms with E-state index in [1.165, 1.54) is 4.90 Å². The van der Waals surface area contributed by atoms with Gasteiger partial charge in [0.05, 0.1) is 12.3 Å². The second kappa shape index (κ2) is 13.0. The lowest BCUT2D eigenvalue weighted by molar-refractivity contribution is -0.140. The number of nitriles is 1. The van der Waals surface area contributed by atoms with Crippen LogP contribution in [0.5, 0.6) is 5.75 Å². The second-order valence-corrected chi connectivity index (χ2v) is 10.1. The van der Waals surface area contributed by atoms with Gasteiger partial charge in [0.1, 0.15) is 23.1 Å². The standard InChI is InChI=1S/C35H32N4O3/c1-3-4-20-42-30-17-11-14-27(21-30)33-28(24-39(37-33)29-15-9-6-10-16-29)22-31-25(2)32(23-36)35(41)38(34(31)40)19-18-26-12-7-5-8-13-26/h5-17,21-22,24H,3-4,18-20H2,1-2H3/b31-22+. The van der Waals surface area contributed by atoms with Crippen LogP contribution in [0.15, 0.2) is 108 Å². The largest absolute Gasteiger partial charge is 0.494 e. The minimum absolute atomic E-state index is 0.0303. The lowest BCUT2D eigenvalue weighted by atomic mass is 9.93. The maximum Gasteiger partial charge on any atom is 0.271 e. The fraction of sp³-hybridized carbons (Fsp3) is 0.200. The fourth-order valence-corrected chi connectivity index (χ4v) is 4.87. The molecule has 0 atom stereocenters. The van der Waals surface area contributed by atoms with E-state index in [2.05, 4.69) is 6.92 Å². The molecule has 0 saturated carbocycles. The Bertz CT molecular complexity index is 1700. The Morgan fingerprint density at radius 2 is 1.69 bits per heavy atom. The summed E-state index contributed by atoms with van der Waals surface area (Å²) in [6.45, 7) is 4.56. The summed E-state index contributed by atoms with van der Waals surface area (Å²) < 4.78 is 7.72. The Labute approximate surface area is 246 Å². The molecule has 0 fully saturated rings. The third kappa shape index (κ3) is 6.08. The van der Waals surface area contributed by atoms with Crippen LogP contribution in [0, 0.1) is 11.3 Å². The highest BCUT2D eigenvalue weighted by Crippen LogP contribution is 2.32. The average Bonchev–Trinajstić information content (AvgIpc) is 3.45. The summed E-state index contributed by atoms with van der Waals surface area (Å²) >= 11 is 0. The van der Waals surface area contributed by atoms with Gasteiger partial charge >= 0.3 is 0 Å². The molecule has 0 bridgehead atoms. The predicted molar refractivity (Wildman–Crippen MR) is 163 cm³/mol. The molecule has 0 aliphatic carbocycles. The van der Waals surface area contributed by atoms with E-state index in [-0.39, 0.29) is 12.1 Å². The van der Waals surface area contributed by atoms with Gasteiger partial charge in [-0.25, -0.2) is 4.68 Å². The molecule has 0 spiro atoms. The SMILES string of the molecule is CCCCOc1cccc(-c2nn(-c3ccccc3)cc2/C=C2/C(=O)N(CCc3ccccc3)C(=O)C(C#N)=C2C)c1. The van der Waals surface area contributed by atoms with E-state index in [9.17, 15) is 14.9 Å². The highest BCUT2D eigenvalue weighted by Gasteiger charge is 2.35. The van der Waals surface area contributed by atoms with Crippen molar-refractivity contribution in [2.45, 2.75) is 33.1 Å². The van der Waals surface area contributed by atoms with Crippen molar-refractivity contribution in [2.75, 3.05) is 13.2 Å². The lowest BCUT2D eigenvalue weighted by Crippen LogP contribution is -2.43. The van der Waals surface area contributed by atoms with Crippen LogP contribution in [0.25, 0.3) is 23.0 Å². The number of ether oxygens (including phenoxy) is 1. The second-order valence-electron chi connectivity index (χ2n) is 10.1. The molecule has 210 valence electrons. The van der Waals surface area contributed by atoms with E-state index in [0.717, 1.165) is 35.4 Å². The smallest absolute Gasteiger partial charge is 0.271 e. The molecule has 7 nitrogen and oxygen atoms in total. The predicted octanol–water partition coefficient (Wildman–Crippen LogP) is 6.55. The zero-order valence-corrected chi connectivity index (χ0v) is 23.8. The average molecular weight is 557 g/mol. The van der Waals surface area contributed by atoms with Crippen molar-refractivity contribution in [1.29, 1.82) is 5.26 Å². The zero-order chi connectivity index (χ0) is 29.5. The van der Waals surface area contributed by atoms with Crippen molar-refractivity contribution in [3.05, 3.63) is 119 Å². The molecule has 1 aliphatic heterocycles. The maximum absolute atomic E-state index is 13.8. The molecule has 0 N–H and O–H groups in total. The van der Waals surface area contributed by atoms with Crippen LogP contribution in [0.2, 0.25) is 0 Å². The van der Waals surface area contributed by atoms with Gasteiger partial charge in [0.25, 0.3) is 11.8 Å². The molecule has 2 amide bonds. The topological polar surface area (TPSA) is 88.2 Å². The van der Waals surface area contributed by atoms with Crippen LogP contribution < -0.4 is 4.74 Å². The minimum atomic E-state index is -0.565. The number of aromatic nitrogens is 2. The first-order valence-corrected chi connectivity index (χ1v) is 14.1. The quantitative estimate of drug-likeness (QED) is 0.126. The molecule has 7 heteroatoms. The molecular weight excluding hydrogens is 524 g/mol. The van der Waals surface area contributed by atoms with Gasteiger partial charge in [-0.3, -0.25) is 14.5 Å². The van der Waals surface area contributed by atoms with Crippen molar-refractivity contribution in [3.8, 4) is 28.8 Å². The Balaban J connectivity index is 1.58. The Morgan fingerprint density at radius 1 is 0.952 bits per heavy atom. The highest BCUT2D eigenvalue weighted by molar-refractivity contribution is 6.19. The van der Waals surface area contributed by atoms with E-state index in [4.69, 9.17) is 9.84 Å². The first kappa shape index (κ1) is 28.3. The van der Waals surface area contributed by atoms with Gasteiger partial charge in [0.15, 0.2) is 0 Å². The molecule has 0 unspecified atom stereocenters. The van der Waals surface area contributed by atoms with Gasteiger partial charge in [0.2, 0.25) is 0 Å². The first-order chi connectivity index (χ1) is 20.5. The van der Waals surface area contributed by atoms with Crippen molar-refractivity contribution in [2.24, 2.45) is 0 Å². The molecule has 3 aromatic carbocycles. The van der Waals surface area contributed by atoms with Crippen molar-refractivity contribution in [1.82, 2.24) is 14.7 Å². The van der Waals surface area contributed by atoms with Gasteiger partial charge in [-0.1, -0.05) is 74.0 Å². The summed E-state index contributed by atoms with van der Waals surface area (Å²) in [6, 6.07) is 29.1. The number of carbonyl (C=O) groups is 2. The molecule has 1 aliphatic rings. The number of rotatable bonds is 10. The van der Waals surface area contributed by atoms with Crippen LogP contribution in [0.1, 0.15) is 37.8 Å². The fourth-order valence-electron chi connectivity index (χ4n) is 4.87. The number of para-hydroxylation sites is 1. The number of hydrogen-bond donors (Lipinski definition) is 0. The number of carbonyl (C=O) groups excluding carboxylic acids is 2. The van der Waals surface area contributed by atoms with Crippen LogP contribution in [-0.2, 0) is 16.0 Å². The summed E-state index contributed by atoms with van der Waals surface area (Å²) in [6.07, 6.45) is 6.09. The van der Waals surface area contributed by atoms with E-state index in [0.29, 0.717) is 35.4 Å². The van der Waals surface area contributed by atoms with Gasteiger partial charge in [-0.15, -0.1) is 0 Å². The lowest BCUT2D eigenvalue weighted by Gasteiger charge is -2.27. The summed E-state index contributed by atoms with van der Waals surface area (Å²) in [5.74, 6) is -0.254. The summed E-state index contributed by atoms with van der Waals surface area (Å²) in [7, 11) is 0. The number of unbranched alkanes of at least 4 members (excludes halogenated alkanes) is 1. The number of imide groups is 1. The van der Waals surface area contributed by atoms with Crippen LogP contribution in [0.4, 0.5) is 0 Å². The first-order valence-electron chi connectivity index (χ1n) is 14.1. The maximum atomic E-state index is 13.8. The molecule has 0 saturated heterocycles. The summed E-state index contributed by atoms with van der Waals surface area (Å²) in [4.78, 5) is 28.2. The molecule has 42 heavy (non-hydrogen) atoms. The van der Waals surface area contributed by atoms with Crippen molar-refractivity contribution in [3.63, 3.8) is 0 Å². The summed E-state index contributed by atoms with van der Waals surface area (Å²) in [5, 5.41) is 14.8. The van der Waals surface area contributed by atoms with Crippen molar-refractivity contribution < 1.29 is 14.3 Å². The van der Waals surface area contributed by atoms with E-state index < -0.39 is 11.8 Å². The molecule has 4 aromatic rings. The Morgan fingerprint density at radius 3 is 2.40 bits per heavy atom. The van der Waals surface area contributed by atoms with Gasteiger partial charge in [0, 0.05) is 29.4 Å². The molecule has 1 aromatic heterocycles.